The smallest absolute Gasteiger partial charge is 0.321 e. The van der Waals surface area contributed by atoms with Crippen LogP contribution >= 0.6 is 0 Å². The molecule has 3 aromatic rings. The van der Waals surface area contributed by atoms with Gasteiger partial charge in [-0.1, -0.05) is 0 Å². The van der Waals surface area contributed by atoms with Gasteiger partial charge in [0.25, 0.3) is 0 Å². The zero-order chi connectivity index (χ0) is 15.9. The highest BCUT2D eigenvalue weighted by molar-refractivity contribution is 5.87. The molecule has 0 spiro atoms. The lowest BCUT2D eigenvalue weighted by molar-refractivity contribution is 0.245. The third-order valence-electron chi connectivity index (χ3n) is 2.81. The largest absolute Gasteiger partial charge is 0.475 e. The van der Waals surface area contributed by atoms with Gasteiger partial charge in [0.05, 0.1) is 19.1 Å². The molecule has 0 bridgehead atoms. The van der Waals surface area contributed by atoms with E-state index in [1.165, 1.54) is 6.26 Å². The fourth-order valence-corrected chi connectivity index (χ4v) is 1.78. The first kappa shape index (κ1) is 14.6. The lowest BCUT2D eigenvalue weighted by atomic mass is 10.3. The molecule has 3 heterocycles. The molecule has 2 N–H and O–H groups in total. The van der Waals surface area contributed by atoms with Gasteiger partial charge in [0.15, 0.2) is 5.76 Å². The van der Waals surface area contributed by atoms with E-state index in [1.54, 1.807) is 42.7 Å². The van der Waals surface area contributed by atoms with Crippen LogP contribution in [-0.4, -0.2) is 29.4 Å². The molecule has 8 nitrogen and oxygen atoms in total. The van der Waals surface area contributed by atoms with E-state index in [4.69, 9.17) is 13.6 Å². The number of nitrogens with one attached hydrogen (secondary N) is 2. The fourth-order valence-electron chi connectivity index (χ4n) is 1.78. The molecule has 0 aliphatic rings. The summed E-state index contributed by atoms with van der Waals surface area (Å²) in [6.07, 6.45) is 3.05. The number of rotatable bonds is 6. The first-order valence-corrected chi connectivity index (χ1v) is 6.90. The lowest BCUT2D eigenvalue weighted by Gasteiger charge is -2.07. The van der Waals surface area contributed by atoms with Gasteiger partial charge in [-0.15, -0.1) is 10.2 Å². The Kier molecular flexibility index (Phi) is 4.53. The summed E-state index contributed by atoms with van der Waals surface area (Å²) >= 11 is 0. The van der Waals surface area contributed by atoms with Gasteiger partial charge >= 0.3 is 6.03 Å². The van der Waals surface area contributed by atoms with E-state index in [0.717, 1.165) is 0 Å². The van der Waals surface area contributed by atoms with Gasteiger partial charge in [0, 0.05) is 12.1 Å². The average molecular weight is 314 g/mol. The number of carbonyl (C=O) groups is 1. The Bertz CT molecular complexity index is 723. The Balaban J connectivity index is 1.39. The van der Waals surface area contributed by atoms with Crippen molar-refractivity contribution in [2.75, 3.05) is 18.5 Å². The van der Waals surface area contributed by atoms with Crippen molar-refractivity contribution in [2.45, 2.75) is 0 Å². The Morgan fingerprint density at radius 1 is 1.09 bits per heavy atom. The quantitative estimate of drug-likeness (QED) is 0.678. The number of nitrogens with zero attached hydrogens (tertiary/aromatic N) is 2. The van der Waals surface area contributed by atoms with Gasteiger partial charge in [-0.25, -0.2) is 4.79 Å². The van der Waals surface area contributed by atoms with Crippen molar-refractivity contribution in [1.29, 1.82) is 0 Å². The molecule has 3 aromatic heterocycles. The van der Waals surface area contributed by atoms with E-state index in [0.29, 0.717) is 29.8 Å². The van der Waals surface area contributed by atoms with Crippen molar-refractivity contribution in [1.82, 2.24) is 15.5 Å². The zero-order valence-electron chi connectivity index (χ0n) is 12.1. The summed E-state index contributed by atoms with van der Waals surface area (Å²) < 4.78 is 15.6. The van der Waals surface area contributed by atoms with Crippen molar-refractivity contribution in [3.05, 3.63) is 48.9 Å². The minimum atomic E-state index is -0.372. The maximum atomic E-state index is 11.5. The average Bonchev–Trinajstić information content (AvgIpc) is 3.26. The van der Waals surface area contributed by atoms with Gasteiger partial charge in [0.1, 0.15) is 12.3 Å². The monoisotopic (exact) mass is 314 g/mol. The van der Waals surface area contributed by atoms with E-state index in [-0.39, 0.29) is 12.6 Å². The second-order valence-corrected chi connectivity index (χ2v) is 4.44. The van der Waals surface area contributed by atoms with Crippen LogP contribution in [0.4, 0.5) is 10.7 Å². The molecule has 118 valence electrons. The van der Waals surface area contributed by atoms with Gasteiger partial charge in [-0.3, -0.25) is 5.32 Å². The summed E-state index contributed by atoms with van der Waals surface area (Å²) in [4.78, 5) is 11.5. The number of carbonyl (C=O) groups excluding carboxylic acids is 1. The Labute approximate surface area is 131 Å². The number of hydrogen-bond donors (Lipinski definition) is 2. The highest BCUT2D eigenvalue weighted by Crippen LogP contribution is 2.17. The Hall–Kier alpha value is -3.29. The molecule has 0 aromatic carbocycles. The highest BCUT2D eigenvalue weighted by Gasteiger charge is 2.05. The third kappa shape index (κ3) is 4.10. The summed E-state index contributed by atoms with van der Waals surface area (Å²) in [6, 6.07) is 9.97. The van der Waals surface area contributed by atoms with E-state index in [1.807, 2.05) is 0 Å². The maximum absolute atomic E-state index is 11.5. The van der Waals surface area contributed by atoms with Crippen molar-refractivity contribution >= 4 is 11.9 Å². The normalized spacial score (nSPS) is 10.3. The van der Waals surface area contributed by atoms with Crippen LogP contribution in [0, 0.1) is 0 Å². The molecular weight excluding hydrogens is 300 g/mol. The highest BCUT2D eigenvalue weighted by atomic mass is 16.5. The summed E-state index contributed by atoms with van der Waals surface area (Å²) in [6.45, 7) is 0.578. The molecular formula is C15H14N4O4. The molecule has 0 fully saturated rings. The molecule has 8 heteroatoms. The van der Waals surface area contributed by atoms with Crippen LogP contribution < -0.4 is 15.4 Å². The SMILES string of the molecule is O=C(NCCOc1ccc(-c2ccco2)nn1)Nc1ccco1. The van der Waals surface area contributed by atoms with Crippen LogP contribution in [0.3, 0.4) is 0 Å². The molecule has 0 atom stereocenters. The maximum Gasteiger partial charge on any atom is 0.321 e. The Morgan fingerprint density at radius 3 is 2.65 bits per heavy atom. The van der Waals surface area contributed by atoms with Crippen LogP contribution in [0.15, 0.2) is 57.8 Å². The standard InChI is InChI=1S/C15H14N4O4/c20-15(17-13-4-2-9-22-13)16-7-10-23-14-6-5-11(18-19-14)12-3-1-8-21-12/h1-6,8-9H,7,10H2,(H2,16,17,20). The topological polar surface area (TPSA) is 102 Å². The molecule has 0 radical (unpaired) electrons. The van der Waals surface area contributed by atoms with Crippen LogP contribution in [0.1, 0.15) is 0 Å². The zero-order valence-corrected chi connectivity index (χ0v) is 12.1. The van der Waals surface area contributed by atoms with Crippen molar-refractivity contribution in [2.24, 2.45) is 0 Å². The van der Waals surface area contributed by atoms with E-state index in [2.05, 4.69) is 20.8 Å². The fraction of sp³-hybridized carbons (Fsp3) is 0.133. The van der Waals surface area contributed by atoms with Crippen molar-refractivity contribution < 1.29 is 18.4 Å². The van der Waals surface area contributed by atoms with Crippen LogP contribution in [0.25, 0.3) is 11.5 Å². The molecule has 3 rings (SSSR count). The number of ether oxygens (including phenoxy) is 1. The van der Waals surface area contributed by atoms with Gasteiger partial charge in [-0.05, 0) is 24.3 Å². The van der Waals surface area contributed by atoms with Crippen LogP contribution in [0.5, 0.6) is 5.88 Å². The summed E-state index contributed by atoms with van der Waals surface area (Å²) in [5.41, 5.74) is 0.623. The number of hydrogen-bond acceptors (Lipinski definition) is 6. The first-order valence-electron chi connectivity index (χ1n) is 6.90. The van der Waals surface area contributed by atoms with Crippen LogP contribution in [0.2, 0.25) is 0 Å². The molecule has 0 saturated carbocycles. The van der Waals surface area contributed by atoms with E-state index >= 15 is 0 Å². The summed E-state index contributed by atoms with van der Waals surface area (Å²) in [7, 11) is 0. The third-order valence-corrected chi connectivity index (χ3v) is 2.81. The number of furan rings is 2. The molecule has 23 heavy (non-hydrogen) atoms. The van der Waals surface area contributed by atoms with Gasteiger partial charge in [-0.2, -0.15) is 0 Å². The molecule has 0 aliphatic heterocycles. The predicted molar refractivity (Wildman–Crippen MR) is 81.0 cm³/mol. The van der Waals surface area contributed by atoms with Gasteiger partial charge < -0.3 is 18.9 Å². The van der Waals surface area contributed by atoms with Crippen LogP contribution in [-0.2, 0) is 0 Å². The second kappa shape index (κ2) is 7.12. The lowest BCUT2D eigenvalue weighted by Crippen LogP contribution is -2.32. The first-order chi connectivity index (χ1) is 11.3. The minimum Gasteiger partial charge on any atom is -0.475 e. The second-order valence-electron chi connectivity index (χ2n) is 4.44. The molecule has 2 amide bonds. The Morgan fingerprint density at radius 2 is 1.96 bits per heavy atom. The molecule has 0 unspecified atom stereocenters. The number of anilines is 1. The summed E-state index contributed by atoms with van der Waals surface area (Å²) in [5, 5.41) is 13.1. The summed E-state index contributed by atoms with van der Waals surface area (Å²) in [5.74, 6) is 1.39. The number of aromatic nitrogens is 2. The van der Waals surface area contributed by atoms with Gasteiger partial charge in [0.2, 0.25) is 11.8 Å². The number of amides is 2. The molecule has 0 saturated heterocycles. The minimum absolute atomic E-state index is 0.264. The van der Waals surface area contributed by atoms with Crippen molar-refractivity contribution in [3.63, 3.8) is 0 Å². The number of urea groups is 1. The van der Waals surface area contributed by atoms with E-state index in [9.17, 15) is 4.79 Å². The van der Waals surface area contributed by atoms with E-state index < -0.39 is 0 Å². The van der Waals surface area contributed by atoms with Crippen molar-refractivity contribution in [3.8, 4) is 17.3 Å². The molecule has 0 aliphatic carbocycles. The predicted octanol–water partition coefficient (Wildman–Crippen LogP) is 2.53.